The third-order valence-corrected chi connectivity index (χ3v) is 17.4. The van der Waals surface area contributed by atoms with Gasteiger partial charge in [0.15, 0.2) is 0 Å². The molecular weight excluding hydrogens is 529 g/mol. The third-order valence-electron chi connectivity index (χ3n) is 4.38. The molecular formula is C20H17BiO3S. The van der Waals surface area contributed by atoms with Gasteiger partial charge in [0.05, 0.1) is 0 Å². The Morgan fingerprint density at radius 2 is 1.52 bits per heavy atom. The second-order valence-corrected chi connectivity index (χ2v) is 16.2. The number of hydrogen-bond donors (Lipinski definition) is 0. The van der Waals surface area contributed by atoms with E-state index in [1.165, 1.54) is 8.83 Å². The van der Waals surface area contributed by atoms with Crippen molar-refractivity contribution in [3.05, 3.63) is 72.3 Å². The van der Waals surface area contributed by atoms with Crippen molar-refractivity contribution in [3.8, 4) is 5.75 Å². The number of ether oxygens (including phenoxy) is 1. The van der Waals surface area contributed by atoms with Crippen molar-refractivity contribution in [3.63, 3.8) is 0 Å². The number of aryl methyl sites for hydroxylation is 1. The first-order valence-corrected chi connectivity index (χ1v) is 14.6. The molecule has 0 aromatic heterocycles. The van der Waals surface area contributed by atoms with E-state index in [-0.39, 0.29) is 0 Å². The summed E-state index contributed by atoms with van der Waals surface area (Å²) in [4.78, 5) is 0.927. The fourth-order valence-corrected chi connectivity index (χ4v) is 18.1. The van der Waals surface area contributed by atoms with Gasteiger partial charge in [0.2, 0.25) is 0 Å². The first kappa shape index (κ1) is 16.7. The predicted octanol–water partition coefficient (Wildman–Crippen LogP) is 1.67. The van der Waals surface area contributed by atoms with Crippen molar-refractivity contribution in [2.75, 3.05) is 7.11 Å². The van der Waals surface area contributed by atoms with Crippen LogP contribution in [0.5, 0.6) is 5.75 Å². The van der Waals surface area contributed by atoms with Crippen molar-refractivity contribution in [1.29, 1.82) is 0 Å². The second-order valence-electron chi connectivity index (χ2n) is 5.98. The van der Waals surface area contributed by atoms with E-state index in [1.807, 2.05) is 24.3 Å². The van der Waals surface area contributed by atoms with Crippen LogP contribution < -0.4 is 14.6 Å². The SMILES string of the molecule is COc1ccc2[c](c1)[Bi]([c]1ccc(C)cc1)[c]1ccccc1S2(=O)=O. The molecule has 0 N–H and O–H groups in total. The fourth-order valence-electron chi connectivity index (χ4n) is 3.12. The van der Waals surface area contributed by atoms with Crippen molar-refractivity contribution in [2.24, 2.45) is 0 Å². The summed E-state index contributed by atoms with van der Waals surface area (Å²) in [5.41, 5.74) is 1.21. The molecule has 1 heterocycles. The van der Waals surface area contributed by atoms with Gasteiger partial charge in [0, 0.05) is 0 Å². The average Bonchev–Trinajstić information content (AvgIpc) is 2.63. The van der Waals surface area contributed by atoms with Crippen LogP contribution in [0.15, 0.2) is 76.5 Å². The zero-order chi connectivity index (χ0) is 17.6. The van der Waals surface area contributed by atoms with Crippen molar-refractivity contribution >= 4 is 41.4 Å². The van der Waals surface area contributed by atoms with E-state index in [0.29, 0.717) is 15.5 Å². The molecule has 3 aromatic rings. The van der Waals surface area contributed by atoms with E-state index in [0.717, 1.165) is 6.54 Å². The Morgan fingerprint density at radius 1 is 0.840 bits per heavy atom. The van der Waals surface area contributed by atoms with Gasteiger partial charge < -0.3 is 0 Å². The Bertz CT molecular complexity index is 1060. The van der Waals surface area contributed by atoms with Crippen LogP contribution in [0.4, 0.5) is 0 Å². The third kappa shape index (κ3) is 2.70. The Hall–Kier alpha value is -1.71. The van der Waals surface area contributed by atoms with E-state index in [4.69, 9.17) is 4.74 Å². The average molecular weight is 546 g/mol. The standard InChI is InChI=1S/C13H10O3S.C7H7.Bi/c1-16-11-7-9-13(10-8-11)17(14,15)12-5-3-2-4-6-12;1-7-5-3-2-4-6-7;/h2-5,7-9H,1H3;3-6H,1H3;. The van der Waals surface area contributed by atoms with Crippen LogP contribution in [0, 0.1) is 6.92 Å². The topological polar surface area (TPSA) is 43.4 Å². The van der Waals surface area contributed by atoms with Crippen LogP contribution in [0.25, 0.3) is 0 Å². The number of methoxy groups -OCH3 is 1. The molecule has 3 nitrogen and oxygen atoms in total. The molecule has 25 heavy (non-hydrogen) atoms. The summed E-state index contributed by atoms with van der Waals surface area (Å²) in [5.74, 6) is 0.709. The number of hydrogen-bond acceptors (Lipinski definition) is 3. The molecule has 4 rings (SSSR count). The fraction of sp³-hybridized carbons (Fsp3) is 0.100. The molecule has 0 saturated heterocycles. The van der Waals surface area contributed by atoms with Crippen LogP contribution in [0.1, 0.15) is 5.56 Å². The summed E-state index contributed by atoms with van der Waals surface area (Å²) in [7, 11) is -1.87. The van der Waals surface area contributed by atoms with E-state index < -0.39 is 31.6 Å². The van der Waals surface area contributed by atoms with Crippen LogP contribution in [-0.2, 0) is 9.84 Å². The first-order valence-electron chi connectivity index (χ1n) is 7.91. The van der Waals surface area contributed by atoms with Gasteiger partial charge >= 0.3 is 156 Å². The molecule has 0 aliphatic carbocycles. The minimum absolute atomic E-state index is 0.449. The van der Waals surface area contributed by atoms with Gasteiger partial charge in [0.1, 0.15) is 0 Å². The molecule has 0 unspecified atom stereocenters. The van der Waals surface area contributed by atoms with E-state index >= 15 is 0 Å². The molecule has 0 fully saturated rings. The molecule has 0 radical (unpaired) electrons. The molecule has 3 aromatic carbocycles. The van der Waals surface area contributed by atoms with Gasteiger partial charge in [-0.1, -0.05) is 0 Å². The summed E-state index contributed by atoms with van der Waals surface area (Å²) >= 11 is -2.70. The molecule has 0 atom stereocenters. The second kappa shape index (κ2) is 6.23. The van der Waals surface area contributed by atoms with Gasteiger partial charge in [-0.3, -0.25) is 0 Å². The molecule has 1 aliphatic heterocycles. The van der Waals surface area contributed by atoms with Crippen LogP contribution in [0.3, 0.4) is 0 Å². The molecule has 1 aliphatic rings. The molecule has 0 bridgehead atoms. The number of rotatable bonds is 2. The summed E-state index contributed by atoms with van der Waals surface area (Å²) < 4.78 is 34.9. The Kier molecular flexibility index (Phi) is 4.17. The number of sulfone groups is 1. The van der Waals surface area contributed by atoms with Crippen molar-refractivity contribution in [2.45, 2.75) is 16.7 Å². The van der Waals surface area contributed by atoms with Crippen LogP contribution in [0.2, 0.25) is 0 Å². The number of fused-ring (bicyclic) bond motifs is 2. The number of benzene rings is 3. The van der Waals surface area contributed by atoms with Crippen molar-refractivity contribution in [1.82, 2.24) is 0 Å². The maximum absolute atomic E-state index is 13.1. The Labute approximate surface area is 155 Å². The Morgan fingerprint density at radius 3 is 2.24 bits per heavy atom. The van der Waals surface area contributed by atoms with Gasteiger partial charge in [-0.25, -0.2) is 0 Å². The van der Waals surface area contributed by atoms with Gasteiger partial charge in [-0.15, -0.1) is 0 Å². The summed E-state index contributed by atoms with van der Waals surface area (Å²) in [6, 6.07) is 21.4. The van der Waals surface area contributed by atoms with E-state index in [2.05, 4.69) is 31.2 Å². The summed E-state index contributed by atoms with van der Waals surface area (Å²) in [6.07, 6.45) is 0. The predicted molar refractivity (Wildman–Crippen MR) is 101 cm³/mol. The van der Waals surface area contributed by atoms with Gasteiger partial charge in [-0.05, 0) is 0 Å². The van der Waals surface area contributed by atoms with E-state index in [9.17, 15) is 8.42 Å². The normalized spacial score (nSPS) is 15.3. The molecule has 0 saturated carbocycles. The summed E-state index contributed by atoms with van der Waals surface area (Å²) in [5, 5.41) is 0. The van der Waals surface area contributed by atoms with Gasteiger partial charge in [0.25, 0.3) is 0 Å². The zero-order valence-electron chi connectivity index (χ0n) is 13.9. The van der Waals surface area contributed by atoms with Crippen LogP contribution >= 0.6 is 0 Å². The maximum atomic E-state index is 13.1. The molecule has 126 valence electrons. The van der Waals surface area contributed by atoms with Crippen LogP contribution in [-0.4, -0.2) is 37.3 Å². The Balaban J connectivity index is 2.06. The molecule has 0 spiro atoms. The minimum atomic E-state index is -3.48. The summed E-state index contributed by atoms with van der Waals surface area (Å²) in [6.45, 7) is 2.06. The van der Waals surface area contributed by atoms with Gasteiger partial charge in [-0.2, -0.15) is 0 Å². The molecule has 5 heteroatoms. The first-order chi connectivity index (χ1) is 12.0. The van der Waals surface area contributed by atoms with Crippen molar-refractivity contribution < 1.29 is 13.2 Å². The van der Waals surface area contributed by atoms with E-state index in [1.54, 1.807) is 25.3 Å². The molecule has 0 amide bonds. The monoisotopic (exact) mass is 546 g/mol. The quantitative estimate of drug-likeness (QED) is 0.360. The zero-order valence-corrected chi connectivity index (χ0v) is 18.2.